The normalized spacial score (nSPS) is 12.5. The van der Waals surface area contributed by atoms with Gasteiger partial charge in [-0.2, -0.15) is 13.2 Å². The Morgan fingerprint density at radius 2 is 1.95 bits per heavy atom. The summed E-state index contributed by atoms with van der Waals surface area (Å²) in [6, 6.07) is 7.68. The first kappa shape index (κ1) is 14.1. The van der Waals surface area contributed by atoms with Crippen molar-refractivity contribution in [3.05, 3.63) is 41.3 Å². The van der Waals surface area contributed by atoms with Crippen LogP contribution in [0.1, 0.15) is 25.5 Å². The fourth-order valence-corrected chi connectivity index (χ4v) is 3.09. The van der Waals surface area contributed by atoms with Gasteiger partial charge in [-0.05, 0) is 43.5 Å². The molecule has 0 unspecified atom stereocenters. The Morgan fingerprint density at radius 3 is 2.52 bits per heavy atom. The Bertz CT molecular complexity index is 770. The smallest absolute Gasteiger partial charge is 0.321 e. The molecule has 3 aromatic rings. The summed E-state index contributed by atoms with van der Waals surface area (Å²) in [5.74, 6) is 0.717. The van der Waals surface area contributed by atoms with Gasteiger partial charge in [0.25, 0.3) is 0 Å². The summed E-state index contributed by atoms with van der Waals surface area (Å²) in [5, 5.41) is 1.93. The number of aromatic nitrogens is 2. The summed E-state index contributed by atoms with van der Waals surface area (Å²) in [6.45, 7) is 3.99. The van der Waals surface area contributed by atoms with Gasteiger partial charge in [-0.1, -0.05) is 6.07 Å². The van der Waals surface area contributed by atoms with Crippen LogP contribution < -0.4 is 0 Å². The predicted molar refractivity (Wildman–Crippen MR) is 78.4 cm³/mol. The topological polar surface area (TPSA) is 17.8 Å². The largest absolute Gasteiger partial charge is 0.416 e. The van der Waals surface area contributed by atoms with Gasteiger partial charge in [-0.15, -0.1) is 11.3 Å². The molecule has 0 N–H and O–H groups in total. The quantitative estimate of drug-likeness (QED) is 0.622. The van der Waals surface area contributed by atoms with E-state index >= 15 is 0 Å². The van der Waals surface area contributed by atoms with Gasteiger partial charge in [-0.25, -0.2) is 4.98 Å². The molecule has 0 aliphatic heterocycles. The van der Waals surface area contributed by atoms with Crippen molar-refractivity contribution in [2.24, 2.45) is 0 Å². The summed E-state index contributed by atoms with van der Waals surface area (Å²) in [4.78, 5) is 5.38. The van der Waals surface area contributed by atoms with E-state index in [1.54, 1.807) is 0 Å². The number of fused-ring (bicyclic) bond motifs is 1. The second-order valence-electron chi connectivity index (χ2n) is 5.08. The second kappa shape index (κ2) is 4.87. The van der Waals surface area contributed by atoms with Gasteiger partial charge in [0.05, 0.1) is 21.5 Å². The van der Waals surface area contributed by atoms with Gasteiger partial charge in [-0.3, -0.25) is 0 Å². The Hall–Kier alpha value is -1.82. The van der Waals surface area contributed by atoms with E-state index in [1.165, 1.54) is 17.4 Å². The van der Waals surface area contributed by atoms with Crippen molar-refractivity contribution in [2.45, 2.75) is 26.1 Å². The van der Waals surface area contributed by atoms with E-state index < -0.39 is 11.7 Å². The molecule has 0 aliphatic rings. The lowest BCUT2D eigenvalue weighted by atomic mass is 10.2. The molecule has 21 heavy (non-hydrogen) atoms. The van der Waals surface area contributed by atoms with E-state index in [4.69, 9.17) is 0 Å². The van der Waals surface area contributed by atoms with Gasteiger partial charge < -0.3 is 4.57 Å². The molecular formula is C15H13F3N2S. The Morgan fingerprint density at radius 1 is 1.19 bits per heavy atom. The van der Waals surface area contributed by atoms with E-state index in [0.717, 1.165) is 22.5 Å². The third-order valence-electron chi connectivity index (χ3n) is 3.27. The van der Waals surface area contributed by atoms with Gasteiger partial charge in [0.2, 0.25) is 0 Å². The summed E-state index contributed by atoms with van der Waals surface area (Å²) >= 11 is 1.53. The zero-order valence-electron chi connectivity index (χ0n) is 11.5. The van der Waals surface area contributed by atoms with E-state index in [9.17, 15) is 13.2 Å². The van der Waals surface area contributed by atoms with Crippen molar-refractivity contribution in [1.29, 1.82) is 0 Å². The monoisotopic (exact) mass is 310 g/mol. The average Bonchev–Trinajstić information content (AvgIpc) is 3.03. The summed E-state index contributed by atoms with van der Waals surface area (Å²) in [5.41, 5.74) is 0.435. The van der Waals surface area contributed by atoms with Gasteiger partial charge >= 0.3 is 6.18 Å². The van der Waals surface area contributed by atoms with Crippen LogP contribution in [-0.2, 0) is 6.18 Å². The van der Waals surface area contributed by atoms with Gasteiger partial charge in [0, 0.05) is 6.04 Å². The molecule has 0 bridgehead atoms. The minimum atomic E-state index is -4.35. The number of imidazole rings is 1. The summed E-state index contributed by atoms with van der Waals surface area (Å²) < 4.78 is 40.4. The maximum Gasteiger partial charge on any atom is 0.416 e. The van der Waals surface area contributed by atoms with Crippen molar-refractivity contribution >= 4 is 22.4 Å². The Labute approximate surface area is 123 Å². The first-order valence-electron chi connectivity index (χ1n) is 6.51. The number of hydrogen-bond acceptors (Lipinski definition) is 2. The van der Waals surface area contributed by atoms with E-state index in [0.29, 0.717) is 11.3 Å². The highest BCUT2D eigenvalue weighted by molar-refractivity contribution is 7.13. The fourth-order valence-electron chi connectivity index (χ4n) is 2.38. The molecule has 0 atom stereocenters. The molecule has 0 fully saturated rings. The predicted octanol–water partition coefficient (Wildman–Crippen LogP) is 5.36. The minimum absolute atomic E-state index is 0.115. The molecule has 0 spiro atoms. The first-order valence-corrected chi connectivity index (χ1v) is 7.39. The van der Waals surface area contributed by atoms with Gasteiger partial charge in [0.1, 0.15) is 0 Å². The number of nitrogens with zero attached hydrogens (tertiary/aromatic N) is 2. The molecule has 0 radical (unpaired) electrons. The summed E-state index contributed by atoms with van der Waals surface area (Å²) in [6.07, 6.45) is -4.35. The number of thiophene rings is 1. The average molecular weight is 310 g/mol. The number of benzene rings is 1. The van der Waals surface area contributed by atoms with Crippen molar-refractivity contribution < 1.29 is 13.2 Å². The maximum absolute atomic E-state index is 12.8. The zero-order valence-corrected chi connectivity index (χ0v) is 12.3. The SMILES string of the molecule is CC(C)n1c(-c2cccs2)nc2cc(C(F)(F)F)ccc21. The number of hydrogen-bond donors (Lipinski definition) is 0. The highest BCUT2D eigenvalue weighted by atomic mass is 32.1. The van der Waals surface area contributed by atoms with Crippen LogP contribution in [0.25, 0.3) is 21.7 Å². The van der Waals surface area contributed by atoms with Crippen LogP contribution in [0, 0.1) is 0 Å². The second-order valence-corrected chi connectivity index (χ2v) is 6.03. The third kappa shape index (κ3) is 2.44. The molecule has 110 valence electrons. The van der Waals surface area contributed by atoms with Crippen molar-refractivity contribution in [1.82, 2.24) is 9.55 Å². The lowest BCUT2D eigenvalue weighted by molar-refractivity contribution is -0.137. The summed E-state index contributed by atoms with van der Waals surface area (Å²) in [7, 11) is 0. The molecule has 3 rings (SSSR count). The molecular weight excluding hydrogens is 297 g/mol. The standard InChI is InChI=1S/C15H13F3N2S/c1-9(2)20-12-6-5-10(15(16,17)18)8-11(12)19-14(20)13-4-3-7-21-13/h3-9H,1-2H3. The Kier molecular flexibility index (Phi) is 3.28. The van der Waals surface area contributed by atoms with Crippen LogP contribution >= 0.6 is 11.3 Å². The molecule has 6 heteroatoms. The van der Waals surface area contributed by atoms with Crippen LogP contribution in [0.2, 0.25) is 0 Å². The van der Waals surface area contributed by atoms with E-state index in [1.807, 2.05) is 35.9 Å². The van der Waals surface area contributed by atoms with Crippen LogP contribution in [0.5, 0.6) is 0 Å². The van der Waals surface area contributed by atoms with Crippen molar-refractivity contribution in [2.75, 3.05) is 0 Å². The molecule has 0 saturated heterocycles. The highest BCUT2D eigenvalue weighted by Gasteiger charge is 2.31. The fraction of sp³-hybridized carbons (Fsp3) is 0.267. The number of rotatable bonds is 2. The van der Waals surface area contributed by atoms with Crippen LogP contribution in [-0.4, -0.2) is 9.55 Å². The molecule has 1 aromatic carbocycles. The molecule has 0 saturated carbocycles. The van der Waals surface area contributed by atoms with Gasteiger partial charge in [0.15, 0.2) is 5.82 Å². The van der Waals surface area contributed by atoms with Crippen LogP contribution in [0.3, 0.4) is 0 Å². The first-order chi connectivity index (χ1) is 9.88. The number of halogens is 3. The van der Waals surface area contributed by atoms with Crippen LogP contribution in [0.4, 0.5) is 13.2 Å². The zero-order chi connectivity index (χ0) is 15.2. The molecule has 0 aliphatic carbocycles. The third-order valence-corrected chi connectivity index (χ3v) is 4.14. The molecule has 2 heterocycles. The van der Waals surface area contributed by atoms with Crippen LogP contribution in [0.15, 0.2) is 35.7 Å². The lowest BCUT2D eigenvalue weighted by Crippen LogP contribution is -2.05. The minimum Gasteiger partial charge on any atom is -0.321 e. The number of alkyl halides is 3. The molecule has 2 aromatic heterocycles. The van der Waals surface area contributed by atoms with Crippen molar-refractivity contribution in [3.8, 4) is 10.7 Å². The Balaban J connectivity index is 2.27. The van der Waals surface area contributed by atoms with Crippen molar-refractivity contribution in [3.63, 3.8) is 0 Å². The maximum atomic E-state index is 12.8. The lowest BCUT2D eigenvalue weighted by Gasteiger charge is -2.12. The molecule has 0 amide bonds. The molecule has 2 nitrogen and oxygen atoms in total. The van der Waals surface area contributed by atoms with E-state index in [2.05, 4.69) is 4.98 Å². The highest BCUT2D eigenvalue weighted by Crippen LogP contribution is 2.35. The van der Waals surface area contributed by atoms with E-state index in [-0.39, 0.29) is 6.04 Å².